The summed E-state index contributed by atoms with van der Waals surface area (Å²) in [7, 11) is 4.08. The van der Waals surface area contributed by atoms with E-state index < -0.39 is 0 Å². The third kappa shape index (κ3) is 4.44. The summed E-state index contributed by atoms with van der Waals surface area (Å²) in [6.07, 6.45) is 7.63. The zero-order valence-corrected chi connectivity index (χ0v) is 12.4. The van der Waals surface area contributed by atoms with Crippen LogP contribution in [-0.4, -0.2) is 31.3 Å². The highest BCUT2D eigenvalue weighted by Gasteiger charge is 2.40. The van der Waals surface area contributed by atoms with Gasteiger partial charge in [0, 0.05) is 12.0 Å². The highest BCUT2D eigenvalue weighted by atomic mass is 35.5. The van der Waals surface area contributed by atoms with E-state index in [4.69, 9.17) is 0 Å². The maximum absolute atomic E-state index is 12.3. The minimum atomic E-state index is -0.137. The monoisotopic (exact) mass is 259 g/mol. The zero-order valence-electron chi connectivity index (χ0n) is 11.6. The van der Waals surface area contributed by atoms with Crippen molar-refractivity contribution < 1.29 is 4.79 Å². The smallest absolute Gasteiger partial charge is 0.165 e. The third-order valence-electron chi connectivity index (χ3n) is 3.40. The molecule has 0 heterocycles. The van der Waals surface area contributed by atoms with E-state index >= 15 is 0 Å². The first-order valence-corrected chi connectivity index (χ1v) is 6.38. The van der Waals surface area contributed by atoms with Crippen LogP contribution >= 0.6 is 12.4 Å². The number of Topliss-reactive ketones (excluding diaryl/α,β-unsaturated/α-hetero) is 1. The highest BCUT2D eigenvalue weighted by Crippen LogP contribution is 2.38. The van der Waals surface area contributed by atoms with Crippen LogP contribution in [0.2, 0.25) is 0 Å². The molecule has 0 aromatic rings. The van der Waals surface area contributed by atoms with Crippen LogP contribution in [0, 0.1) is 5.41 Å². The molecule has 1 atom stereocenters. The number of unbranched alkanes of at least 4 members (excludes halogenated alkanes) is 2. The Bertz CT molecular complexity index is 286. The van der Waals surface area contributed by atoms with E-state index in [1.54, 1.807) is 0 Å². The Morgan fingerprint density at radius 1 is 1.41 bits per heavy atom. The van der Waals surface area contributed by atoms with E-state index in [1.807, 2.05) is 14.1 Å². The molecular weight excluding hydrogens is 234 g/mol. The van der Waals surface area contributed by atoms with Gasteiger partial charge in [0.15, 0.2) is 5.78 Å². The molecule has 1 aliphatic carbocycles. The van der Waals surface area contributed by atoms with Gasteiger partial charge in [-0.1, -0.05) is 32.8 Å². The number of nitrogens with zero attached hydrogens (tertiary/aromatic N) is 1. The van der Waals surface area contributed by atoms with Crippen LogP contribution in [0.5, 0.6) is 0 Å². The minimum absolute atomic E-state index is 0. The quantitative estimate of drug-likeness (QED) is 0.557. The predicted octanol–water partition coefficient (Wildman–Crippen LogP) is 3.46. The number of halogens is 1. The summed E-state index contributed by atoms with van der Waals surface area (Å²) in [6, 6.07) is 0. The van der Waals surface area contributed by atoms with Gasteiger partial charge in [0.2, 0.25) is 0 Å². The lowest BCUT2D eigenvalue weighted by Gasteiger charge is -2.25. The summed E-state index contributed by atoms with van der Waals surface area (Å²) in [5.41, 5.74) is 0.944. The van der Waals surface area contributed by atoms with Crippen molar-refractivity contribution in [1.29, 1.82) is 0 Å². The average molecular weight is 260 g/mol. The molecular formula is C14H26ClNO. The van der Waals surface area contributed by atoms with Gasteiger partial charge >= 0.3 is 0 Å². The second-order valence-corrected chi connectivity index (χ2v) is 5.50. The van der Waals surface area contributed by atoms with Crippen molar-refractivity contribution in [3.05, 3.63) is 11.6 Å². The van der Waals surface area contributed by atoms with Gasteiger partial charge < -0.3 is 4.90 Å². The molecule has 0 saturated heterocycles. The molecule has 1 aliphatic rings. The largest absolute Gasteiger partial charge is 0.308 e. The predicted molar refractivity (Wildman–Crippen MR) is 75.8 cm³/mol. The zero-order chi connectivity index (χ0) is 12.2. The maximum atomic E-state index is 12.3. The van der Waals surface area contributed by atoms with E-state index in [9.17, 15) is 4.79 Å². The molecule has 1 unspecified atom stereocenters. The Hall–Kier alpha value is -0.340. The third-order valence-corrected chi connectivity index (χ3v) is 3.40. The maximum Gasteiger partial charge on any atom is 0.165 e. The molecule has 1 fully saturated rings. The van der Waals surface area contributed by atoms with Gasteiger partial charge in [-0.05, 0) is 38.9 Å². The van der Waals surface area contributed by atoms with Crippen LogP contribution in [0.15, 0.2) is 11.6 Å². The lowest BCUT2D eigenvalue weighted by atomic mass is 9.86. The number of allylic oxidation sites excluding steroid dienone is 2. The normalized spacial score (nSPS) is 26.6. The molecule has 3 heteroatoms. The molecule has 1 saturated carbocycles. The SMILES string of the molecule is CCCCC=C1CCC(C)(CN(C)C)C1=O.Cl. The lowest BCUT2D eigenvalue weighted by molar-refractivity contribution is -0.122. The average Bonchev–Trinajstić information content (AvgIpc) is 2.45. The lowest BCUT2D eigenvalue weighted by Crippen LogP contribution is -2.34. The van der Waals surface area contributed by atoms with Crippen molar-refractivity contribution in [2.75, 3.05) is 20.6 Å². The van der Waals surface area contributed by atoms with E-state index in [2.05, 4.69) is 24.8 Å². The Balaban J connectivity index is 0.00000256. The molecule has 0 aromatic carbocycles. The first-order valence-electron chi connectivity index (χ1n) is 6.38. The molecule has 0 aliphatic heterocycles. The Kier molecular flexibility index (Phi) is 7.03. The number of hydrogen-bond donors (Lipinski definition) is 0. The van der Waals surface area contributed by atoms with Crippen LogP contribution in [0.1, 0.15) is 46.0 Å². The van der Waals surface area contributed by atoms with Gasteiger partial charge in [-0.15, -0.1) is 12.4 Å². The van der Waals surface area contributed by atoms with Crippen molar-refractivity contribution in [2.45, 2.75) is 46.0 Å². The molecule has 0 aromatic heterocycles. The van der Waals surface area contributed by atoms with E-state index in [0.717, 1.165) is 31.4 Å². The Morgan fingerprint density at radius 2 is 2.06 bits per heavy atom. The number of carbonyl (C=O) groups is 1. The van der Waals surface area contributed by atoms with E-state index in [-0.39, 0.29) is 17.8 Å². The van der Waals surface area contributed by atoms with Crippen LogP contribution in [0.25, 0.3) is 0 Å². The molecule has 17 heavy (non-hydrogen) atoms. The highest BCUT2D eigenvalue weighted by molar-refractivity contribution is 6.02. The van der Waals surface area contributed by atoms with Crippen molar-refractivity contribution in [1.82, 2.24) is 4.90 Å². The summed E-state index contributed by atoms with van der Waals surface area (Å²) in [5.74, 6) is 0.386. The molecule has 0 spiro atoms. The van der Waals surface area contributed by atoms with Gasteiger partial charge in [-0.2, -0.15) is 0 Å². The number of hydrogen-bond acceptors (Lipinski definition) is 2. The first kappa shape index (κ1) is 16.7. The fraction of sp³-hybridized carbons (Fsp3) is 0.786. The van der Waals surface area contributed by atoms with Crippen LogP contribution in [-0.2, 0) is 4.79 Å². The molecule has 1 rings (SSSR count). The van der Waals surface area contributed by atoms with Crippen molar-refractivity contribution in [3.8, 4) is 0 Å². The second kappa shape index (κ2) is 7.17. The topological polar surface area (TPSA) is 20.3 Å². The second-order valence-electron chi connectivity index (χ2n) is 5.50. The standard InChI is InChI=1S/C14H25NO.ClH/c1-5-6-7-8-12-9-10-14(2,13(12)16)11-15(3)4;/h8H,5-7,9-11H2,1-4H3;1H. The molecule has 2 nitrogen and oxygen atoms in total. The fourth-order valence-electron chi connectivity index (χ4n) is 2.55. The summed E-state index contributed by atoms with van der Waals surface area (Å²) in [5, 5.41) is 0. The fourth-order valence-corrected chi connectivity index (χ4v) is 2.55. The number of carbonyl (C=O) groups excluding carboxylic acids is 1. The summed E-state index contributed by atoms with van der Waals surface area (Å²) < 4.78 is 0. The van der Waals surface area contributed by atoms with Gasteiger partial charge in [-0.25, -0.2) is 0 Å². The summed E-state index contributed by atoms with van der Waals surface area (Å²) >= 11 is 0. The Morgan fingerprint density at radius 3 is 2.59 bits per heavy atom. The Labute approximate surface area is 112 Å². The van der Waals surface area contributed by atoms with Crippen molar-refractivity contribution >= 4 is 18.2 Å². The van der Waals surface area contributed by atoms with Gasteiger partial charge in [0.1, 0.15) is 0 Å². The van der Waals surface area contributed by atoms with Crippen LogP contribution in [0.4, 0.5) is 0 Å². The van der Waals surface area contributed by atoms with Crippen molar-refractivity contribution in [2.24, 2.45) is 5.41 Å². The van der Waals surface area contributed by atoms with Crippen LogP contribution in [0.3, 0.4) is 0 Å². The number of ketones is 1. The van der Waals surface area contributed by atoms with Gasteiger partial charge in [-0.3, -0.25) is 4.79 Å². The summed E-state index contributed by atoms with van der Waals surface area (Å²) in [4.78, 5) is 14.4. The minimum Gasteiger partial charge on any atom is -0.308 e. The van der Waals surface area contributed by atoms with Crippen LogP contribution < -0.4 is 0 Å². The number of rotatable bonds is 5. The van der Waals surface area contributed by atoms with Crippen molar-refractivity contribution in [3.63, 3.8) is 0 Å². The van der Waals surface area contributed by atoms with Gasteiger partial charge in [0.25, 0.3) is 0 Å². The summed E-state index contributed by atoms with van der Waals surface area (Å²) in [6.45, 7) is 5.16. The first-order chi connectivity index (χ1) is 7.49. The molecule has 0 radical (unpaired) electrons. The van der Waals surface area contributed by atoms with E-state index in [1.165, 1.54) is 12.8 Å². The molecule has 0 amide bonds. The van der Waals surface area contributed by atoms with E-state index in [0.29, 0.717) is 5.78 Å². The van der Waals surface area contributed by atoms with Gasteiger partial charge in [0.05, 0.1) is 0 Å². The molecule has 0 bridgehead atoms. The molecule has 100 valence electrons. The molecule has 0 N–H and O–H groups in total.